The predicted molar refractivity (Wildman–Crippen MR) is 149 cm³/mol. The zero-order chi connectivity index (χ0) is 28.7. The lowest BCUT2D eigenvalue weighted by molar-refractivity contribution is -0.133. The number of aliphatic hydroxyl groups excluding tert-OH is 1. The van der Waals surface area contributed by atoms with Crippen molar-refractivity contribution in [3.8, 4) is 21.9 Å². The van der Waals surface area contributed by atoms with Gasteiger partial charge in [-0.25, -0.2) is 8.78 Å². The number of carbonyl (C=O) groups excluding carboxylic acids is 2. The van der Waals surface area contributed by atoms with E-state index in [4.69, 9.17) is 15.6 Å². The van der Waals surface area contributed by atoms with Gasteiger partial charge in [-0.3, -0.25) is 24.2 Å². The molecule has 1 saturated carbocycles. The van der Waals surface area contributed by atoms with E-state index in [2.05, 4.69) is 10.1 Å². The van der Waals surface area contributed by atoms with Gasteiger partial charge < -0.3 is 15.6 Å². The van der Waals surface area contributed by atoms with Crippen LogP contribution in [0.3, 0.4) is 0 Å². The number of halogens is 2. The van der Waals surface area contributed by atoms with E-state index in [0.29, 0.717) is 22.5 Å². The topological polar surface area (TPSA) is 124 Å². The number of pyridine rings is 1. The second kappa shape index (κ2) is 10.4. The van der Waals surface area contributed by atoms with E-state index in [1.807, 2.05) is 12.3 Å². The van der Waals surface area contributed by atoms with Crippen molar-refractivity contribution >= 4 is 44.7 Å². The molecule has 5 aromatic rings. The molecule has 0 unspecified atom stereocenters. The first-order valence-corrected chi connectivity index (χ1v) is 13.5. The Balaban J connectivity index is 1.32. The Morgan fingerprint density at radius 3 is 2.51 bits per heavy atom. The number of fused-ring (bicyclic) bond motifs is 1. The van der Waals surface area contributed by atoms with Crippen molar-refractivity contribution in [1.82, 2.24) is 14.8 Å². The standard InChI is InChI=1S/C29H23F2N5O4S/c30-18-1-3-19(4-2-18)36(28(39)29(8-9-29)27(32)38)20-5-6-23(21(31)13-20)40-24-7-10-33-22-14-25(41-26(22)24)17-15-34-35(16-17)11-12-37/h1-7,10,13-16,37H,8-9,11-12H2,(H2,32,38). The summed E-state index contributed by atoms with van der Waals surface area (Å²) in [6.45, 7) is 0.347. The molecule has 0 spiro atoms. The fraction of sp³-hybridized carbons (Fsp3) is 0.172. The zero-order valence-electron chi connectivity index (χ0n) is 21.5. The second-order valence-electron chi connectivity index (χ2n) is 9.63. The number of ether oxygens (including phenoxy) is 1. The third-order valence-corrected chi connectivity index (χ3v) is 8.12. The maximum Gasteiger partial charge on any atom is 0.247 e. The van der Waals surface area contributed by atoms with Crippen LogP contribution in [0.5, 0.6) is 11.5 Å². The van der Waals surface area contributed by atoms with Gasteiger partial charge in [0.1, 0.15) is 17.0 Å². The van der Waals surface area contributed by atoms with E-state index in [1.54, 1.807) is 23.1 Å². The van der Waals surface area contributed by atoms with Gasteiger partial charge in [0.05, 0.1) is 35.3 Å². The minimum atomic E-state index is -1.38. The molecule has 1 fully saturated rings. The first kappa shape index (κ1) is 26.5. The number of aromatic nitrogens is 3. The van der Waals surface area contributed by atoms with Crippen LogP contribution in [0.25, 0.3) is 20.7 Å². The minimum Gasteiger partial charge on any atom is -0.453 e. The summed E-state index contributed by atoms with van der Waals surface area (Å²) in [6, 6.07) is 12.6. The van der Waals surface area contributed by atoms with Gasteiger partial charge in [0.2, 0.25) is 11.8 Å². The second-order valence-corrected chi connectivity index (χ2v) is 10.7. The normalized spacial score (nSPS) is 13.7. The van der Waals surface area contributed by atoms with Crippen molar-refractivity contribution in [1.29, 1.82) is 0 Å². The van der Waals surface area contributed by atoms with E-state index in [-0.39, 0.29) is 36.6 Å². The summed E-state index contributed by atoms with van der Waals surface area (Å²) in [7, 11) is 0. The van der Waals surface area contributed by atoms with Gasteiger partial charge in [0.25, 0.3) is 0 Å². The Labute approximate surface area is 236 Å². The van der Waals surface area contributed by atoms with Crippen LogP contribution in [-0.4, -0.2) is 38.3 Å². The van der Waals surface area contributed by atoms with Crippen molar-refractivity contribution in [3.05, 3.63) is 84.8 Å². The van der Waals surface area contributed by atoms with Crippen molar-refractivity contribution in [2.24, 2.45) is 11.1 Å². The van der Waals surface area contributed by atoms with Gasteiger partial charge in [-0.15, -0.1) is 11.3 Å². The molecule has 6 rings (SSSR count). The number of primary amides is 1. The monoisotopic (exact) mass is 575 g/mol. The van der Waals surface area contributed by atoms with Crippen LogP contribution in [0.15, 0.2) is 73.2 Å². The summed E-state index contributed by atoms with van der Waals surface area (Å²) < 4.78 is 37.4. The van der Waals surface area contributed by atoms with E-state index >= 15 is 4.39 Å². The lowest BCUT2D eigenvalue weighted by Gasteiger charge is -2.26. The Morgan fingerprint density at radius 1 is 1.07 bits per heavy atom. The van der Waals surface area contributed by atoms with Gasteiger partial charge in [-0.05, 0) is 55.3 Å². The number of hydrogen-bond donors (Lipinski definition) is 2. The highest BCUT2D eigenvalue weighted by molar-refractivity contribution is 7.22. The summed E-state index contributed by atoms with van der Waals surface area (Å²) in [5, 5.41) is 13.4. The molecule has 3 aromatic heterocycles. The molecule has 2 aromatic carbocycles. The molecule has 1 aliphatic rings. The van der Waals surface area contributed by atoms with Crippen LogP contribution in [0, 0.1) is 17.0 Å². The number of anilines is 2. The lowest BCUT2D eigenvalue weighted by atomic mass is 10.0. The van der Waals surface area contributed by atoms with Crippen LogP contribution < -0.4 is 15.4 Å². The number of aliphatic hydroxyl groups is 1. The van der Waals surface area contributed by atoms with E-state index in [9.17, 15) is 14.0 Å². The number of nitrogens with two attached hydrogens (primary N) is 1. The van der Waals surface area contributed by atoms with E-state index < -0.39 is 28.9 Å². The summed E-state index contributed by atoms with van der Waals surface area (Å²) >= 11 is 1.40. The molecule has 1 aliphatic carbocycles. The van der Waals surface area contributed by atoms with Crippen molar-refractivity contribution in [2.45, 2.75) is 19.4 Å². The number of nitrogens with zero attached hydrogens (tertiary/aromatic N) is 4. The fourth-order valence-electron chi connectivity index (χ4n) is 4.56. The van der Waals surface area contributed by atoms with Crippen LogP contribution in [0.1, 0.15) is 12.8 Å². The van der Waals surface area contributed by atoms with Crippen LogP contribution in [-0.2, 0) is 16.1 Å². The van der Waals surface area contributed by atoms with Crippen molar-refractivity contribution < 1.29 is 28.2 Å². The molecule has 0 aliphatic heterocycles. The quantitative estimate of drug-likeness (QED) is 0.234. The van der Waals surface area contributed by atoms with Gasteiger partial charge in [0.15, 0.2) is 11.6 Å². The van der Waals surface area contributed by atoms with Crippen LogP contribution >= 0.6 is 11.3 Å². The third kappa shape index (κ3) is 4.92. The molecule has 208 valence electrons. The number of carbonyl (C=O) groups is 2. The SMILES string of the molecule is NC(=O)C1(C(=O)N(c2ccc(F)cc2)c2ccc(Oc3ccnc4cc(-c5cnn(CCO)c5)sc34)c(F)c2)CC1. The molecule has 41 heavy (non-hydrogen) atoms. The average molecular weight is 576 g/mol. The smallest absolute Gasteiger partial charge is 0.247 e. The van der Waals surface area contributed by atoms with Crippen LogP contribution in [0.2, 0.25) is 0 Å². The number of amides is 2. The van der Waals surface area contributed by atoms with E-state index in [1.165, 1.54) is 52.6 Å². The van der Waals surface area contributed by atoms with Crippen molar-refractivity contribution in [2.75, 3.05) is 11.5 Å². The molecule has 0 saturated heterocycles. The minimum absolute atomic E-state index is 0.0285. The third-order valence-electron chi connectivity index (χ3n) is 6.94. The van der Waals surface area contributed by atoms with Crippen LogP contribution in [0.4, 0.5) is 20.2 Å². The Morgan fingerprint density at radius 2 is 1.83 bits per heavy atom. The van der Waals surface area contributed by atoms with Gasteiger partial charge in [0, 0.05) is 40.7 Å². The van der Waals surface area contributed by atoms with Gasteiger partial charge in [-0.1, -0.05) is 0 Å². The summed E-state index contributed by atoms with van der Waals surface area (Å²) in [5.74, 6) is -2.32. The number of thiophene rings is 1. The highest BCUT2D eigenvalue weighted by Gasteiger charge is 2.57. The highest BCUT2D eigenvalue weighted by Crippen LogP contribution is 2.49. The highest BCUT2D eigenvalue weighted by atomic mass is 32.1. The van der Waals surface area contributed by atoms with Gasteiger partial charge in [-0.2, -0.15) is 5.10 Å². The summed E-state index contributed by atoms with van der Waals surface area (Å²) in [4.78, 5) is 32.1. The average Bonchev–Trinajstić information content (AvgIpc) is 3.45. The van der Waals surface area contributed by atoms with E-state index in [0.717, 1.165) is 16.5 Å². The number of rotatable bonds is 9. The molecule has 3 heterocycles. The molecule has 2 amide bonds. The molecule has 0 radical (unpaired) electrons. The van der Waals surface area contributed by atoms with Crippen molar-refractivity contribution in [3.63, 3.8) is 0 Å². The molecule has 9 nitrogen and oxygen atoms in total. The molecule has 0 bridgehead atoms. The summed E-state index contributed by atoms with van der Waals surface area (Å²) in [5.41, 5.74) is 6.05. The predicted octanol–water partition coefficient (Wildman–Crippen LogP) is 5.15. The maximum absolute atomic E-state index is 15.5. The first-order chi connectivity index (χ1) is 19.8. The molecular weight excluding hydrogens is 552 g/mol. The number of benzene rings is 2. The Kier molecular flexibility index (Phi) is 6.72. The molecular formula is C29H23F2N5O4S. The summed E-state index contributed by atoms with van der Waals surface area (Å²) in [6.07, 6.45) is 5.64. The number of hydrogen-bond acceptors (Lipinski definition) is 7. The molecule has 12 heteroatoms. The van der Waals surface area contributed by atoms with Gasteiger partial charge >= 0.3 is 0 Å². The Bertz CT molecular complexity index is 1780. The Hall–Kier alpha value is -4.68. The first-order valence-electron chi connectivity index (χ1n) is 12.7. The lowest BCUT2D eigenvalue weighted by Crippen LogP contribution is -2.41. The maximum atomic E-state index is 15.5. The largest absolute Gasteiger partial charge is 0.453 e. The molecule has 0 atom stereocenters. The zero-order valence-corrected chi connectivity index (χ0v) is 22.3. The fourth-order valence-corrected chi connectivity index (χ4v) is 5.60. The molecule has 3 N–H and O–H groups in total.